The lowest BCUT2D eigenvalue weighted by atomic mass is 10.1. The zero-order valence-corrected chi connectivity index (χ0v) is 13.3. The van der Waals surface area contributed by atoms with Crippen LogP contribution in [0.25, 0.3) is 0 Å². The fraction of sp³-hybridized carbons (Fsp3) is 0.250. The Hall–Kier alpha value is -2.74. The third kappa shape index (κ3) is 4.63. The minimum Gasteiger partial charge on any atom is -0.387 e. The number of carbonyl (C=O) groups excluding carboxylic acids is 1. The molecule has 6 nitrogen and oxygen atoms in total. The van der Waals surface area contributed by atoms with Crippen molar-refractivity contribution in [2.45, 2.75) is 6.10 Å². The van der Waals surface area contributed by atoms with E-state index in [1.165, 1.54) is 12.3 Å². The second-order valence-electron chi connectivity index (χ2n) is 5.32. The minimum absolute atomic E-state index is 0.153. The van der Waals surface area contributed by atoms with E-state index in [9.17, 15) is 18.7 Å². The van der Waals surface area contributed by atoms with Gasteiger partial charge in [0, 0.05) is 20.6 Å². The van der Waals surface area contributed by atoms with Crippen molar-refractivity contribution in [2.24, 2.45) is 0 Å². The molecule has 24 heavy (non-hydrogen) atoms. The maximum absolute atomic E-state index is 13.1. The van der Waals surface area contributed by atoms with Crippen LogP contribution in [0, 0.1) is 11.6 Å². The second-order valence-corrected chi connectivity index (χ2v) is 5.32. The van der Waals surface area contributed by atoms with Crippen molar-refractivity contribution < 1.29 is 18.7 Å². The molecule has 0 spiro atoms. The van der Waals surface area contributed by atoms with Crippen LogP contribution in [0.2, 0.25) is 0 Å². The van der Waals surface area contributed by atoms with Gasteiger partial charge in [-0.1, -0.05) is 6.07 Å². The van der Waals surface area contributed by atoms with Gasteiger partial charge in [0.1, 0.15) is 5.82 Å². The molecular formula is C16H18F2N4O2. The summed E-state index contributed by atoms with van der Waals surface area (Å²) >= 11 is 0. The molecule has 128 valence electrons. The Morgan fingerprint density at radius 3 is 2.58 bits per heavy atom. The summed E-state index contributed by atoms with van der Waals surface area (Å²) in [6.07, 6.45) is 0.348. The molecule has 1 heterocycles. The molecule has 1 aromatic carbocycles. The van der Waals surface area contributed by atoms with Crippen LogP contribution in [-0.2, 0) is 0 Å². The van der Waals surface area contributed by atoms with E-state index in [1.54, 1.807) is 12.1 Å². The summed E-state index contributed by atoms with van der Waals surface area (Å²) in [7, 11) is 3.70. The number of halogens is 2. The minimum atomic E-state index is -1.15. The van der Waals surface area contributed by atoms with E-state index in [2.05, 4.69) is 15.6 Å². The number of hydrogen-bond donors (Lipinski definition) is 3. The van der Waals surface area contributed by atoms with E-state index in [0.717, 1.165) is 18.0 Å². The molecule has 2 rings (SSSR count). The number of aliphatic hydroxyl groups is 1. The molecule has 2 amide bonds. The molecular weight excluding hydrogens is 318 g/mol. The molecule has 3 N–H and O–H groups in total. The number of benzene rings is 1. The van der Waals surface area contributed by atoms with E-state index in [-0.39, 0.29) is 12.1 Å². The highest BCUT2D eigenvalue weighted by Gasteiger charge is 2.12. The topological polar surface area (TPSA) is 77.5 Å². The van der Waals surface area contributed by atoms with Gasteiger partial charge in [0.15, 0.2) is 11.6 Å². The first-order valence-corrected chi connectivity index (χ1v) is 7.18. The summed E-state index contributed by atoms with van der Waals surface area (Å²) in [5.74, 6) is -1.30. The van der Waals surface area contributed by atoms with E-state index in [4.69, 9.17) is 0 Å². The van der Waals surface area contributed by atoms with Crippen LogP contribution < -0.4 is 15.5 Å². The molecule has 0 radical (unpaired) electrons. The first kappa shape index (κ1) is 17.6. The van der Waals surface area contributed by atoms with Crippen LogP contribution in [0.4, 0.5) is 25.1 Å². The lowest BCUT2D eigenvalue weighted by molar-refractivity contribution is 0.174. The van der Waals surface area contributed by atoms with Gasteiger partial charge in [-0.25, -0.2) is 18.6 Å². The molecule has 0 aliphatic heterocycles. The van der Waals surface area contributed by atoms with Gasteiger partial charge < -0.3 is 20.6 Å². The van der Waals surface area contributed by atoms with Crippen molar-refractivity contribution in [1.82, 2.24) is 10.3 Å². The third-order valence-corrected chi connectivity index (χ3v) is 3.25. The quantitative estimate of drug-likeness (QED) is 0.783. The largest absolute Gasteiger partial charge is 0.387 e. The van der Waals surface area contributed by atoms with Crippen LogP contribution in [0.3, 0.4) is 0 Å². The van der Waals surface area contributed by atoms with E-state index < -0.39 is 23.8 Å². The zero-order chi connectivity index (χ0) is 17.7. The first-order chi connectivity index (χ1) is 11.4. The van der Waals surface area contributed by atoms with Crippen LogP contribution in [0.15, 0.2) is 36.5 Å². The normalized spacial score (nSPS) is 11.7. The molecule has 0 unspecified atom stereocenters. The first-order valence-electron chi connectivity index (χ1n) is 7.18. The van der Waals surface area contributed by atoms with Gasteiger partial charge in [-0.2, -0.15) is 0 Å². The van der Waals surface area contributed by atoms with Crippen molar-refractivity contribution in [3.8, 4) is 0 Å². The van der Waals surface area contributed by atoms with Gasteiger partial charge in [0.05, 0.1) is 18.0 Å². The molecule has 0 aliphatic rings. The monoisotopic (exact) mass is 336 g/mol. The van der Waals surface area contributed by atoms with Crippen LogP contribution in [-0.4, -0.2) is 36.8 Å². The van der Waals surface area contributed by atoms with E-state index in [0.29, 0.717) is 5.69 Å². The van der Waals surface area contributed by atoms with Gasteiger partial charge in [0.2, 0.25) is 0 Å². The number of pyridine rings is 1. The highest BCUT2D eigenvalue weighted by atomic mass is 19.2. The summed E-state index contributed by atoms with van der Waals surface area (Å²) < 4.78 is 26.0. The highest BCUT2D eigenvalue weighted by molar-refractivity contribution is 5.89. The number of anilines is 2. The molecule has 1 aromatic heterocycles. The number of rotatable bonds is 5. The fourth-order valence-corrected chi connectivity index (χ4v) is 1.93. The standard InChI is InChI=1S/C16H18F2N4O2/c1-22(2)15-6-4-11(8-19-15)21-16(24)20-9-14(23)10-3-5-12(17)13(18)7-10/h3-8,14,23H,9H2,1-2H3,(H2,20,21,24)/t14-/m1/s1. The average molecular weight is 336 g/mol. The number of nitrogens with one attached hydrogen (secondary N) is 2. The number of hydrogen-bond acceptors (Lipinski definition) is 4. The maximum atomic E-state index is 13.1. The Morgan fingerprint density at radius 1 is 1.25 bits per heavy atom. The van der Waals surface area contributed by atoms with E-state index in [1.807, 2.05) is 19.0 Å². The summed E-state index contributed by atoms with van der Waals surface area (Å²) in [5, 5.41) is 14.9. The van der Waals surface area contributed by atoms with Crippen molar-refractivity contribution in [3.63, 3.8) is 0 Å². The SMILES string of the molecule is CN(C)c1ccc(NC(=O)NC[C@@H](O)c2ccc(F)c(F)c2)cn1. The number of amides is 2. The Kier molecular flexibility index (Phi) is 5.64. The summed E-state index contributed by atoms with van der Waals surface area (Å²) in [4.78, 5) is 17.8. The fourth-order valence-electron chi connectivity index (χ4n) is 1.93. The average Bonchev–Trinajstić information content (AvgIpc) is 2.55. The Bertz CT molecular complexity index is 708. The summed E-state index contributed by atoms with van der Waals surface area (Å²) in [6.45, 7) is -0.153. The van der Waals surface area contributed by atoms with Crippen molar-refractivity contribution in [1.29, 1.82) is 0 Å². The Labute approximate surface area is 138 Å². The summed E-state index contributed by atoms with van der Waals surface area (Å²) in [6, 6.07) is 5.96. The maximum Gasteiger partial charge on any atom is 0.319 e. The van der Waals surface area contributed by atoms with Crippen LogP contribution in [0.1, 0.15) is 11.7 Å². The van der Waals surface area contributed by atoms with Crippen molar-refractivity contribution in [2.75, 3.05) is 30.9 Å². The molecule has 8 heteroatoms. The summed E-state index contributed by atoms with van der Waals surface area (Å²) in [5.41, 5.74) is 0.659. The van der Waals surface area contributed by atoms with Gasteiger partial charge in [-0.15, -0.1) is 0 Å². The van der Waals surface area contributed by atoms with Gasteiger partial charge in [0.25, 0.3) is 0 Å². The smallest absolute Gasteiger partial charge is 0.319 e. The molecule has 2 aromatic rings. The lowest BCUT2D eigenvalue weighted by Crippen LogP contribution is -2.32. The van der Waals surface area contributed by atoms with Crippen LogP contribution in [0.5, 0.6) is 0 Å². The predicted molar refractivity (Wildman–Crippen MR) is 86.9 cm³/mol. The van der Waals surface area contributed by atoms with E-state index >= 15 is 0 Å². The number of nitrogens with zero attached hydrogens (tertiary/aromatic N) is 2. The Balaban J connectivity index is 1.87. The molecule has 0 bridgehead atoms. The predicted octanol–water partition coefficient (Wildman–Crippen LogP) is 2.28. The molecule has 0 saturated heterocycles. The van der Waals surface area contributed by atoms with Crippen LogP contribution >= 0.6 is 0 Å². The number of carbonyl (C=O) groups is 1. The lowest BCUT2D eigenvalue weighted by Gasteiger charge is -2.14. The Morgan fingerprint density at radius 2 is 2.00 bits per heavy atom. The second kappa shape index (κ2) is 7.69. The highest BCUT2D eigenvalue weighted by Crippen LogP contribution is 2.16. The van der Waals surface area contributed by atoms with Gasteiger partial charge >= 0.3 is 6.03 Å². The molecule has 1 atom stereocenters. The molecule has 0 fully saturated rings. The number of aliphatic hydroxyl groups excluding tert-OH is 1. The third-order valence-electron chi connectivity index (χ3n) is 3.25. The molecule has 0 saturated carbocycles. The van der Waals surface area contributed by atoms with Crippen molar-refractivity contribution >= 4 is 17.5 Å². The van der Waals surface area contributed by atoms with Crippen molar-refractivity contribution in [3.05, 3.63) is 53.7 Å². The van der Waals surface area contributed by atoms with Gasteiger partial charge in [-0.05, 0) is 29.8 Å². The number of urea groups is 1. The van der Waals surface area contributed by atoms with Gasteiger partial charge in [-0.3, -0.25) is 0 Å². The number of aromatic nitrogens is 1. The molecule has 0 aliphatic carbocycles. The zero-order valence-electron chi connectivity index (χ0n) is 13.3.